The highest BCUT2D eigenvalue weighted by molar-refractivity contribution is 6.33. The van der Waals surface area contributed by atoms with Crippen molar-refractivity contribution in [2.45, 2.75) is 0 Å². The van der Waals surface area contributed by atoms with Gasteiger partial charge in [-0.15, -0.1) is 0 Å². The molecule has 0 aliphatic rings. The minimum Gasteiger partial charge on any atom is -0.456 e. The van der Waals surface area contributed by atoms with Crippen LogP contribution in [-0.2, 0) is 0 Å². The average molecular weight is 889 g/mol. The van der Waals surface area contributed by atoms with E-state index >= 15 is 0 Å². The molecule has 13 aromatic carbocycles. The Morgan fingerprint density at radius 1 is 0.214 bits per heavy atom. The van der Waals surface area contributed by atoms with Gasteiger partial charge in [0.2, 0.25) is 0 Å². The van der Waals surface area contributed by atoms with Crippen LogP contribution >= 0.6 is 0 Å². The Morgan fingerprint density at radius 2 is 0.571 bits per heavy atom. The van der Waals surface area contributed by atoms with Crippen LogP contribution in [0.4, 0.5) is 0 Å². The normalized spacial score (nSPS) is 12.0. The van der Waals surface area contributed by atoms with Crippen LogP contribution < -0.4 is 0 Å². The third-order valence-corrected chi connectivity index (χ3v) is 14.8. The zero-order chi connectivity index (χ0) is 45.9. The molecule has 0 spiro atoms. The van der Waals surface area contributed by atoms with Crippen molar-refractivity contribution in [3.8, 4) is 55.6 Å². The first-order chi connectivity index (χ1) is 34.7. The van der Waals surface area contributed by atoms with Gasteiger partial charge in [0.25, 0.3) is 0 Å². The molecule has 0 saturated carbocycles. The molecule has 0 saturated heterocycles. The maximum atomic E-state index is 7.15. The Hall–Kier alpha value is -9.24. The third kappa shape index (κ3) is 5.68. The molecule has 2 heterocycles. The van der Waals surface area contributed by atoms with Crippen molar-refractivity contribution in [2.75, 3.05) is 0 Å². The van der Waals surface area contributed by atoms with Crippen molar-refractivity contribution < 1.29 is 8.83 Å². The predicted octanol–water partition coefficient (Wildman–Crippen LogP) is 19.6. The molecule has 15 aromatic rings. The molecule has 2 heteroatoms. The zero-order valence-corrected chi connectivity index (χ0v) is 37.9. The molecule has 0 atom stereocenters. The van der Waals surface area contributed by atoms with Gasteiger partial charge in [0.05, 0.1) is 0 Å². The van der Waals surface area contributed by atoms with Crippen molar-refractivity contribution in [2.24, 2.45) is 0 Å². The fourth-order valence-corrected chi connectivity index (χ4v) is 11.9. The maximum absolute atomic E-state index is 7.15. The van der Waals surface area contributed by atoms with Gasteiger partial charge in [0, 0.05) is 32.5 Å². The number of benzene rings is 13. The van der Waals surface area contributed by atoms with E-state index in [1.807, 2.05) is 6.07 Å². The lowest BCUT2D eigenvalue weighted by atomic mass is 9.82. The molecular formula is C68H40O2. The van der Waals surface area contributed by atoms with Crippen LogP contribution in [0.15, 0.2) is 251 Å². The van der Waals surface area contributed by atoms with Crippen LogP contribution in [0.1, 0.15) is 0 Å². The highest BCUT2D eigenvalue weighted by atomic mass is 16.3. The molecule has 2 aromatic heterocycles. The number of para-hydroxylation sites is 2. The van der Waals surface area contributed by atoms with Crippen LogP contribution in [0, 0.1) is 0 Å². The van der Waals surface area contributed by atoms with Gasteiger partial charge in [-0.25, -0.2) is 0 Å². The largest absolute Gasteiger partial charge is 0.456 e. The van der Waals surface area contributed by atoms with Crippen LogP contribution in [0.3, 0.4) is 0 Å². The molecule has 15 rings (SSSR count). The summed E-state index contributed by atoms with van der Waals surface area (Å²) in [5.41, 5.74) is 15.2. The van der Waals surface area contributed by atoms with E-state index in [9.17, 15) is 0 Å². The second-order valence-corrected chi connectivity index (χ2v) is 18.6. The Kier molecular flexibility index (Phi) is 8.39. The van der Waals surface area contributed by atoms with Gasteiger partial charge in [0.1, 0.15) is 22.3 Å². The SMILES string of the molecule is c1ccc(-c2c3ccccc3c(-c3cc(-c4c5ccccc5c(-c5ccccc5)c5ccccc45)cc(-c4cc5ccc6oc7ccccc7c6c5c5c4oc4ccccc45)c3)c3ccccc23)cc1. The minimum absolute atomic E-state index is 0.856. The topological polar surface area (TPSA) is 26.3 Å². The summed E-state index contributed by atoms with van der Waals surface area (Å²) in [5, 5.41) is 16.4. The van der Waals surface area contributed by atoms with Gasteiger partial charge in [-0.2, -0.15) is 0 Å². The number of hydrogen-bond acceptors (Lipinski definition) is 2. The average Bonchev–Trinajstić information content (AvgIpc) is 4.01. The summed E-state index contributed by atoms with van der Waals surface area (Å²) in [7, 11) is 0. The standard InChI is InChI=1S/C68H40O2/c1-3-19-41(20-4-1)61-47-23-7-11-27-51(47)63(52-28-12-8-24-48(52)61)45-37-44(38-46(39-45)64-53-29-13-9-25-49(53)62(42-21-5-2-6-22-42)50-26-10-14-30-54(50)64)57-40-43-35-36-60-66(55-31-15-17-33-58(55)69-60)65(43)67-56-32-16-18-34-59(56)70-68(57)67/h1-40H. The monoisotopic (exact) mass is 888 g/mol. The predicted molar refractivity (Wildman–Crippen MR) is 296 cm³/mol. The van der Waals surface area contributed by atoms with Gasteiger partial charge < -0.3 is 8.83 Å². The van der Waals surface area contributed by atoms with Crippen molar-refractivity contribution in [1.82, 2.24) is 0 Å². The first-order valence-corrected chi connectivity index (χ1v) is 24.1. The molecule has 0 aliphatic heterocycles. The van der Waals surface area contributed by atoms with E-state index in [0.29, 0.717) is 0 Å². The fourth-order valence-electron chi connectivity index (χ4n) is 11.9. The van der Waals surface area contributed by atoms with Crippen molar-refractivity contribution in [1.29, 1.82) is 0 Å². The highest BCUT2D eigenvalue weighted by Gasteiger charge is 2.24. The van der Waals surface area contributed by atoms with Gasteiger partial charge in [-0.3, -0.25) is 0 Å². The fraction of sp³-hybridized carbons (Fsp3) is 0. The van der Waals surface area contributed by atoms with Crippen LogP contribution in [0.25, 0.3) is 153 Å². The van der Waals surface area contributed by atoms with Crippen LogP contribution in [0.2, 0.25) is 0 Å². The summed E-state index contributed by atoms with van der Waals surface area (Å²) in [5.74, 6) is 0. The summed E-state index contributed by atoms with van der Waals surface area (Å²) in [6, 6.07) is 88.4. The summed E-state index contributed by atoms with van der Waals surface area (Å²) in [6.45, 7) is 0. The Balaban J connectivity index is 1.11. The van der Waals surface area contributed by atoms with E-state index in [0.717, 1.165) is 76.9 Å². The molecule has 0 aliphatic carbocycles. The van der Waals surface area contributed by atoms with E-state index in [1.165, 1.54) is 76.5 Å². The molecule has 0 fully saturated rings. The smallest absolute Gasteiger partial charge is 0.143 e. The number of fused-ring (bicyclic) bond motifs is 13. The quantitative estimate of drug-likeness (QED) is 0.161. The molecule has 324 valence electrons. The minimum atomic E-state index is 0.856. The molecule has 0 radical (unpaired) electrons. The highest BCUT2D eigenvalue weighted by Crippen LogP contribution is 2.51. The lowest BCUT2D eigenvalue weighted by Gasteiger charge is -2.21. The van der Waals surface area contributed by atoms with E-state index < -0.39 is 0 Å². The molecule has 0 amide bonds. The molecule has 70 heavy (non-hydrogen) atoms. The molecular weight excluding hydrogens is 849 g/mol. The van der Waals surface area contributed by atoms with Crippen LogP contribution in [0.5, 0.6) is 0 Å². The van der Waals surface area contributed by atoms with E-state index in [4.69, 9.17) is 8.83 Å². The Labute approximate surface area is 402 Å². The zero-order valence-electron chi connectivity index (χ0n) is 37.9. The number of rotatable bonds is 5. The Morgan fingerprint density at radius 3 is 1.03 bits per heavy atom. The third-order valence-electron chi connectivity index (χ3n) is 14.8. The Bertz CT molecular complexity index is 4340. The van der Waals surface area contributed by atoms with Crippen molar-refractivity contribution in [3.63, 3.8) is 0 Å². The summed E-state index contributed by atoms with van der Waals surface area (Å²) in [4.78, 5) is 0. The van der Waals surface area contributed by atoms with E-state index in [1.54, 1.807) is 0 Å². The van der Waals surface area contributed by atoms with Crippen molar-refractivity contribution >= 4 is 97.7 Å². The lowest BCUT2D eigenvalue weighted by molar-refractivity contribution is 0.669. The summed E-state index contributed by atoms with van der Waals surface area (Å²) < 4.78 is 13.7. The molecule has 0 N–H and O–H groups in total. The second-order valence-electron chi connectivity index (χ2n) is 18.6. The van der Waals surface area contributed by atoms with Gasteiger partial charge in [0.15, 0.2) is 0 Å². The van der Waals surface area contributed by atoms with Crippen LogP contribution in [-0.4, -0.2) is 0 Å². The van der Waals surface area contributed by atoms with E-state index in [2.05, 4.69) is 237 Å². The number of hydrogen-bond donors (Lipinski definition) is 0. The maximum Gasteiger partial charge on any atom is 0.143 e. The van der Waals surface area contributed by atoms with Crippen molar-refractivity contribution in [3.05, 3.63) is 243 Å². The summed E-state index contributed by atoms with van der Waals surface area (Å²) in [6.07, 6.45) is 0. The lowest BCUT2D eigenvalue weighted by Crippen LogP contribution is -1.94. The molecule has 2 nitrogen and oxygen atoms in total. The van der Waals surface area contributed by atoms with Gasteiger partial charge >= 0.3 is 0 Å². The first-order valence-electron chi connectivity index (χ1n) is 24.1. The molecule has 0 unspecified atom stereocenters. The number of furan rings is 2. The summed E-state index contributed by atoms with van der Waals surface area (Å²) >= 11 is 0. The first kappa shape index (κ1) is 38.8. The van der Waals surface area contributed by atoms with E-state index in [-0.39, 0.29) is 0 Å². The van der Waals surface area contributed by atoms with Gasteiger partial charge in [-0.1, -0.05) is 200 Å². The van der Waals surface area contributed by atoms with Gasteiger partial charge in [-0.05, 0) is 141 Å². The second kappa shape index (κ2) is 15.1. The molecule has 0 bridgehead atoms.